The summed E-state index contributed by atoms with van der Waals surface area (Å²) < 4.78 is 1.88. The summed E-state index contributed by atoms with van der Waals surface area (Å²) in [6, 6.07) is 0. The molecule has 0 aliphatic rings. The van der Waals surface area contributed by atoms with Crippen molar-refractivity contribution in [3.8, 4) is 5.13 Å². The van der Waals surface area contributed by atoms with Gasteiger partial charge in [0, 0.05) is 12.2 Å². The molecule has 2 aromatic heterocycles. The Bertz CT molecular complexity index is 555. The van der Waals surface area contributed by atoms with E-state index in [2.05, 4.69) is 48.3 Å². The first-order chi connectivity index (χ1) is 8.99. The Morgan fingerprint density at radius 3 is 2.53 bits per heavy atom. The molecule has 0 unspecified atom stereocenters. The zero-order chi connectivity index (χ0) is 14.0. The molecule has 0 saturated carbocycles. The number of rotatable bonds is 5. The predicted molar refractivity (Wildman–Crippen MR) is 77.8 cm³/mol. The molecular formula is C13H21N5S. The molecule has 2 heterocycles. The first-order valence-corrected chi connectivity index (χ1v) is 7.37. The highest BCUT2D eigenvalue weighted by Gasteiger charge is 2.13. The van der Waals surface area contributed by atoms with Crippen molar-refractivity contribution in [3.63, 3.8) is 0 Å². The minimum Gasteiger partial charge on any atom is -0.310 e. The second kappa shape index (κ2) is 5.79. The molecule has 6 heteroatoms. The summed E-state index contributed by atoms with van der Waals surface area (Å²) in [5.41, 5.74) is 3.40. The van der Waals surface area contributed by atoms with E-state index in [0.717, 1.165) is 34.6 Å². The highest BCUT2D eigenvalue weighted by atomic mass is 32.1. The van der Waals surface area contributed by atoms with Crippen LogP contribution >= 0.6 is 11.3 Å². The second-order valence-electron chi connectivity index (χ2n) is 5.21. The molecule has 0 aliphatic carbocycles. The van der Waals surface area contributed by atoms with Crippen LogP contribution in [0.1, 0.15) is 35.8 Å². The number of aromatic nitrogens is 4. The number of hydrogen-bond acceptors (Lipinski definition) is 5. The molecule has 5 nitrogen and oxygen atoms in total. The molecule has 0 spiro atoms. The Kier molecular flexibility index (Phi) is 4.31. The van der Waals surface area contributed by atoms with Crippen molar-refractivity contribution < 1.29 is 0 Å². The van der Waals surface area contributed by atoms with Crippen LogP contribution in [0.4, 0.5) is 0 Å². The van der Waals surface area contributed by atoms with Crippen LogP contribution in [0.25, 0.3) is 5.13 Å². The van der Waals surface area contributed by atoms with E-state index in [-0.39, 0.29) is 0 Å². The molecule has 1 N–H and O–H groups in total. The van der Waals surface area contributed by atoms with Crippen LogP contribution < -0.4 is 5.32 Å². The van der Waals surface area contributed by atoms with Crippen molar-refractivity contribution in [2.24, 2.45) is 5.92 Å². The number of nitrogens with zero attached hydrogens (tertiary/aromatic N) is 4. The van der Waals surface area contributed by atoms with E-state index >= 15 is 0 Å². The maximum absolute atomic E-state index is 4.51. The summed E-state index contributed by atoms with van der Waals surface area (Å²) in [5, 5.41) is 18.2. The molecule has 0 aliphatic heterocycles. The number of nitrogens with one attached hydrogen (secondary N) is 1. The fourth-order valence-corrected chi connectivity index (χ4v) is 2.59. The largest absolute Gasteiger partial charge is 0.310 e. The van der Waals surface area contributed by atoms with Crippen molar-refractivity contribution in [2.45, 2.75) is 41.2 Å². The van der Waals surface area contributed by atoms with E-state index < -0.39 is 0 Å². The second-order valence-corrected chi connectivity index (χ2v) is 6.25. The van der Waals surface area contributed by atoms with Gasteiger partial charge in [0.05, 0.1) is 5.69 Å². The zero-order valence-corrected chi connectivity index (χ0v) is 13.0. The van der Waals surface area contributed by atoms with Crippen LogP contribution in [0, 0.1) is 26.7 Å². The fourth-order valence-electron chi connectivity index (χ4n) is 1.78. The Balaban J connectivity index is 2.10. The summed E-state index contributed by atoms with van der Waals surface area (Å²) >= 11 is 1.59. The lowest BCUT2D eigenvalue weighted by molar-refractivity contribution is 0.550. The van der Waals surface area contributed by atoms with Crippen LogP contribution in [0.15, 0.2) is 0 Å². The van der Waals surface area contributed by atoms with E-state index in [1.54, 1.807) is 11.3 Å². The van der Waals surface area contributed by atoms with Gasteiger partial charge in [-0.15, -0.1) is 10.2 Å². The van der Waals surface area contributed by atoms with Gasteiger partial charge in [-0.2, -0.15) is 5.10 Å². The maximum atomic E-state index is 4.51. The third kappa shape index (κ3) is 3.19. The third-order valence-corrected chi connectivity index (χ3v) is 4.02. The molecule has 0 aromatic carbocycles. The SMILES string of the molecule is Cc1nn(-c2nnc(CNCC(C)C)s2)c(C)c1C. The summed E-state index contributed by atoms with van der Waals surface area (Å²) in [7, 11) is 0. The zero-order valence-electron chi connectivity index (χ0n) is 12.2. The van der Waals surface area contributed by atoms with Gasteiger partial charge in [-0.25, -0.2) is 4.68 Å². The lowest BCUT2D eigenvalue weighted by Crippen LogP contribution is -2.18. The summed E-state index contributed by atoms with van der Waals surface area (Å²) in [4.78, 5) is 0. The molecule has 0 fully saturated rings. The van der Waals surface area contributed by atoms with E-state index in [1.165, 1.54) is 5.56 Å². The molecule has 0 amide bonds. The summed E-state index contributed by atoms with van der Waals surface area (Å²) in [6.45, 7) is 12.3. The molecule has 0 radical (unpaired) electrons. The highest BCUT2D eigenvalue weighted by Crippen LogP contribution is 2.19. The van der Waals surface area contributed by atoms with Gasteiger partial charge >= 0.3 is 0 Å². The van der Waals surface area contributed by atoms with Gasteiger partial charge < -0.3 is 5.32 Å². The Hall–Kier alpha value is -1.27. The normalized spacial score (nSPS) is 11.5. The summed E-state index contributed by atoms with van der Waals surface area (Å²) in [6.07, 6.45) is 0. The first-order valence-electron chi connectivity index (χ1n) is 6.55. The topological polar surface area (TPSA) is 55.6 Å². The van der Waals surface area contributed by atoms with Gasteiger partial charge in [0.2, 0.25) is 5.13 Å². The Morgan fingerprint density at radius 1 is 1.21 bits per heavy atom. The van der Waals surface area contributed by atoms with Gasteiger partial charge in [-0.1, -0.05) is 25.2 Å². The lowest BCUT2D eigenvalue weighted by Gasteiger charge is -2.04. The van der Waals surface area contributed by atoms with Crippen molar-refractivity contribution in [1.29, 1.82) is 0 Å². The number of hydrogen-bond donors (Lipinski definition) is 1. The summed E-state index contributed by atoms with van der Waals surface area (Å²) in [5.74, 6) is 0.644. The third-order valence-electron chi connectivity index (χ3n) is 3.12. The Morgan fingerprint density at radius 2 is 1.95 bits per heavy atom. The molecule has 0 bridgehead atoms. The van der Waals surface area contributed by atoms with Crippen molar-refractivity contribution in [2.75, 3.05) is 6.54 Å². The molecule has 0 saturated heterocycles. The first kappa shape index (κ1) is 14.1. The van der Waals surface area contributed by atoms with Crippen molar-refractivity contribution in [3.05, 3.63) is 22.0 Å². The highest BCUT2D eigenvalue weighted by molar-refractivity contribution is 7.13. The predicted octanol–water partition coefficient (Wildman–Crippen LogP) is 2.39. The van der Waals surface area contributed by atoms with Gasteiger partial charge in [0.1, 0.15) is 5.01 Å². The monoisotopic (exact) mass is 279 g/mol. The number of aryl methyl sites for hydroxylation is 1. The van der Waals surface area contributed by atoms with E-state index in [0.29, 0.717) is 5.92 Å². The smallest absolute Gasteiger partial charge is 0.233 e. The molecular weight excluding hydrogens is 258 g/mol. The molecule has 2 aromatic rings. The minimum atomic E-state index is 0.644. The van der Waals surface area contributed by atoms with E-state index in [9.17, 15) is 0 Å². The van der Waals surface area contributed by atoms with Crippen LogP contribution in [0.5, 0.6) is 0 Å². The van der Waals surface area contributed by atoms with Gasteiger partial charge in [-0.05, 0) is 38.8 Å². The minimum absolute atomic E-state index is 0.644. The maximum Gasteiger partial charge on any atom is 0.233 e. The average Bonchev–Trinajstić information content (AvgIpc) is 2.90. The molecule has 104 valence electrons. The lowest BCUT2D eigenvalue weighted by atomic mass is 10.2. The van der Waals surface area contributed by atoms with Gasteiger partial charge in [-0.3, -0.25) is 0 Å². The van der Waals surface area contributed by atoms with Crippen molar-refractivity contribution in [1.82, 2.24) is 25.3 Å². The Labute approximate surface area is 118 Å². The quantitative estimate of drug-likeness (QED) is 0.913. The fraction of sp³-hybridized carbons (Fsp3) is 0.615. The molecule has 19 heavy (non-hydrogen) atoms. The van der Waals surface area contributed by atoms with Gasteiger partial charge in [0.15, 0.2) is 0 Å². The van der Waals surface area contributed by atoms with Crippen LogP contribution in [0.3, 0.4) is 0 Å². The standard InChI is InChI=1S/C13H21N5S/c1-8(2)6-14-7-12-15-16-13(19-12)18-11(5)9(3)10(4)17-18/h8,14H,6-7H2,1-5H3. The van der Waals surface area contributed by atoms with Crippen LogP contribution in [0.2, 0.25) is 0 Å². The van der Waals surface area contributed by atoms with E-state index in [4.69, 9.17) is 0 Å². The molecule has 0 atom stereocenters. The van der Waals surface area contributed by atoms with E-state index in [1.807, 2.05) is 11.6 Å². The van der Waals surface area contributed by atoms with Gasteiger partial charge in [0.25, 0.3) is 0 Å². The average molecular weight is 279 g/mol. The van der Waals surface area contributed by atoms with Crippen LogP contribution in [-0.2, 0) is 6.54 Å². The van der Waals surface area contributed by atoms with Crippen molar-refractivity contribution >= 4 is 11.3 Å². The molecule has 2 rings (SSSR count). The van der Waals surface area contributed by atoms with Crippen LogP contribution in [-0.4, -0.2) is 26.5 Å².